The van der Waals surface area contributed by atoms with E-state index >= 15 is 0 Å². The van der Waals surface area contributed by atoms with Crippen LogP contribution in [0, 0.1) is 5.82 Å². The third kappa shape index (κ3) is 3.51. The molecule has 0 bridgehead atoms. The van der Waals surface area contributed by atoms with Crippen LogP contribution in [0.5, 0.6) is 5.75 Å². The minimum Gasteiger partial charge on any atom is -0.403 e. The van der Waals surface area contributed by atoms with Crippen LogP contribution in [-0.4, -0.2) is 35.3 Å². The Labute approximate surface area is 135 Å². The van der Waals surface area contributed by atoms with Crippen molar-refractivity contribution in [2.45, 2.75) is 18.7 Å². The molecule has 5 nitrogen and oxygen atoms in total. The van der Waals surface area contributed by atoms with Gasteiger partial charge in [0, 0.05) is 5.56 Å². The lowest BCUT2D eigenvalue weighted by atomic mass is 10.1. The molecule has 1 atom stereocenters. The van der Waals surface area contributed by atoms with Crippen molar-refractivity contribution >= 4 is 11.5 Å². The van der Waals surface area contributed by atoms with E-state index in [0.29, 0.717) is 17.1 Å². The van der Waals surface area contributed by atoms with Crippen LogP contribution < -0.4 is 10.2 Å². The first-order chi connectivity index (χ1) is 11.5. The third-order valence-electron chi connectivity index (χ3n) is 3.14. The number of rotatable bonds is 2. The average molecular weight is 368 g/mol. The number of alkyl halides is 6. The Morgan fingerprint density at radius 1 is 1.12 bits per heavy atom. The van der Waals surface area contributed by atoms with Gasteiger partial charge in [0.1, 0.15) is 0 Å². The number of halogens is 7. The molecule has 0 saturated carbocycles. The van der Waals surface area contributed by atoms with E-state index < -0.39 is 36.1 Å². The Bertz CT molecular complexity index is 782. The number of nitrogens with zero attached hydrogens (tertiary/aromatic N) is 3. The van der Waals surface area contributed by atoms with Crippen LogP contribution in [0.4, 0.5) is 30.7 Å². The van der Waals surface area contributed by atoms with Gasteiger partial charge in [-0.05, 0) is 30.4 Å². The highest BCUT2D eigenvalue weighted by atomic mass is 19.4. The fourth-order valence-electron chi connectivity index (χ4n) is 2.15. The van der Waals surface area contributed by atoms with Gasteiger partial charge in [-0.25, -0.2) is 9.40 Å². The summed E-state index contributed by atoms with van der Waals surface area (Å²) in [5.41, 5.74) is 2.09. The fraction of sp³-hybridized carbons (Fsp3) is 0.231. The van der Waals surface area contributed by atoms with Crippen molar-refractivity contribution in [2.24, 2.45) is 10.2 Å². The van der Waals surface area contributed by atoms with Crippen molar-refractivity contribution in [3.8, 4) is 5.75 Å². The molecule has 1 unspecified atom stereocenters. The molecule has 2 aliphatic rings. The van der Waals surface area contributed by atoms with Crippen molar-refractivity contribution in [1.29, 1.82) is 0 Å². The molecule has 3 rings (SSSR count). The zero-order valence-corrected chi connectivity index (χ0v) is 11.9. The van der Waals surface area contributed by atoms with Crippen LogP contribution in [0.25, 0.3) is 0 Å². The van der Waals surface area contributed by atoms with Crippen molar-refractivity contribution < 1.29 is 35.5 Å². The lowest BCUT2D eigenvalue weighted by Crippen LogP contribution is -2.43. The van der Waals surface area contributed by atoms with Gasteiger partial charge in [0.05, 0.1) is 5.71 Å². The van der Waals surface area contributed by atoms with E-state index in [1.54, 1.807) is 0 Å². The Morgan fingerprint density at radius 3 is 2.44 bits per heavy atom. The Hall–Kier alpha value is -2.79. The minimum absolute atomic E-state index is 0.0323. The van der Waals surface area contributed by atoms with E-state index in [4.69, 9.17) is 0 Å². The van der Waals surface area contributed by atoms with Crippen LogP contribution in [-0.2, 0) is 0 Å². The van der Waals surface area contributed by atoms with E-state index in [0.717, 1.165) is 6.07 Å². The second-order valence-corrected chi connectivity index (χ2v) is 4.89. The molecule has 0 radical (unpaired) electrons. The monoisotopic (exact) mass is 368 g/mol. The standard InChI is InChI=1S/C13H7F7N4O/c14-7-5-6(1-3-9(7)25-13(18,19)20)8-2-4-10-21-22-11(12(15,16)17)24(10)23-8/h1-5,10,21H. The van der Waals surface area contributed by atoms with Gasteiger partial charge in [-0.1, -0.05) is 0 Å². The maximum Gasteiger partial charge on any atom is 0.573 e. The number of amidine groups is 1. The first kappa shape index (κ1) is 17.0. The Kier molecular flexibility index (Phi) is 3.84. The number of benzene rings is 1. The number of hydrazone groups is 2. The smallest absolute Gasteiger partial charge is 0.403 e. The molecule has 1 N–H and O–H groups in total. The fourth-order valence-corrected chi connectivity index (χ4v) is 2.15. The van der Waals surface area contributed by atoms with Gasteiger partial charge in [-0.3, -0.25) is 5.43 Å². The molecule has 1 aromatic rings. The molecule has 134 valence electrons. The zero-order chi connectivity index (χ0) is 18.4. The molecular formula is C13H7F7N4O. The van der Waals surface area contributed by atoms with Crippen LogP contribution >= 0.6 is 0 Å². The number of allylic oxidation sites excluding steroid dienone is 1. The van der Waals surface area contributed by atoms with E-state index in [1.807, 2.05) is 0 Å². The predicted molar refractivity (Wildman–Crippen MR) is 71.0 cm³/mol. The van der Waals surface area contributed by atoms with Crippen LogP contribution in [0.2, 0.25) is 0 Å². The highest BCUT2D eigenvalue weighted by Crippen LogP contribution is 2.29. The summed E-state index contributed by atoms with van der Waals surface area (Å²) >= 11 is 0. The van der Waals surface area contributed by atoms with Crippen molar-refractivity contribution in [1.82, 2.24) is 10.4 Å². The molecule has 2 heterocycles. The lowest BCUT2D eigenvalue weighted by Gasteiger charge is -2.24. The SMILES string of the molecule is Fc1cc(C2=NN3C(C(F)(F)F)=NNC3C=C2)ccc1OC(F)(F)F. The van der Waals surface area contributed by atoms with Gasteiger partial charge in [-0.15, -0.1) is 13.2 Å². The van der Waals surface area contributed by atoms with Crippen LogP contribution in [0.1, 0.15) is 5.56 Å². The zero-order valence-electron chi connectivity index (χ0n) is 11.9. The largest absolute Gasteiger partial charge is 0.573 e. The summed E-state index contributed by atoms with van der Waals surface area (Å²) in [4.78, 5) is 0. The number of hydrogen-bond donors (Lipinski definition) is 1. The summed E-state index contributed by atoms with van der Waals surface area (Å²) in [5, 5.41) is 7.42. The molecule has 2 aliphatic heterocycles. The molecule has 12 heteroatoms. The Balaban J connectivity index is 1.89. The quantitative estimate of drug-likeness (QED) is 0.817. The van der Waals surface area contributed by atoms with Crippen molar-refractivity contribution in [3.05, 3.63) is 41.7 Å². The van der Waals surface area contributed by atoms with Gasteiger partial charge in [0.15, 0.2) is 17.7 Å². The molecule has 1 aromatic carbocycles. The van der Waals surface area contributed by atoms with Crippen molar-refractivity contribution in [2.75, 3.05) is 0 Å². The molecule has 0 amide bonds. The first-order valence-corrected chi connectivity index (χ1v) is 6.57. The van der Waals surface area contributed by atoms with Gasteiger partial charge in [0.25, 0.3) is 5.84 Å². The topological polar surface area (TPSA) is 49.2 Å². The van der Waals surface area contributed by atoms with E-state index in [9.17, 15) is 30.7 Å². The van der Waals surface area contributed by atoms with Gasteiger partial charge in [0.2, 0.25) is 0 Å². The molecule has 25 heavy (non-hydrogen) atoms. The number of hydrogen-bond acceptors (Lipinski definition) is 5. The summed E-state index contributed by atoms with van der Waals surface area (Å²) in [6.07, 6.45) is -8.21. The molecular weight excluding hydrogens is 361 g/mol. The maximum atomic E-state index is 13.7. The van der Waals surface area contributed by atoms with Crippen molar-refractivity contribution in [3.63, 3.8) is 0 Å². The molecule has 0 aromatic heterocycles. The summed E-state index contributed by atoms with van der Waals surface area (Å²) in [6.45, 7) is 0. The molecule has 0 spiro atoms. The summed E-state index contributed by atoms with van der Waals surface area (Å²) in [7, 11) is 0. The number of ether oxygens (including phenoxy) is 1. The number of nitrogens with one attached hydrogen (secondary N) is 1. The van der Waals surface area contributed by atoms with Crippen LogP contribution in [0.3, 0.4) is 0 Å². The average Bonchev–Trinajstić information content (AvgIpc) is 2.91. The minimum atomic E-state index is -5.07. The van der Waals surface area contributed by atoms with E-state index in [1.165, 1.54) is 12.2 Å². The molecule has 0 aliphatic carbocycles. The summed E-state index contributed by atoms with van der Waals surface area (Å²) in [5.74, 6) is -3.69. The number of fused-ring (bicyclic) bond motifs is 1. The maximum absolute atomic E-state index is 13.7. The predicted octanol–water partition coefficient (Wildman–Crippen LogP) is 3.11. The summed E-state index contributed by atoms with van der Waals surface area (Å²) in [6, 6.07) is 2.43. The molecule has 0 fully saturated rings. The Morgan fingerprint density at radius 2 is 1.84 bits per heavy atom. The van der Waals surface area contributed by atoms with Crippen LogP contribution in [0.15, 0.2) is 40.6 Å². The molecule has 0 saturated heterocycles. The lowest BCUT2D eigenvalue weighted by molar-refractivity contribution is -0.275. The third-order valence-corrected chi connectivity index (χ3v) is 3.14. The van der Waals surface area contributed by atoms with Gasteiger partial charge in [-0.2, -0.15) is 23.4 Å². The highest BCUT2D eigenvalue weighted by Gasteiger charge is 2.46. The summed E-state index contributed by atoms with van der Waals surface area (Å²) < 4.78 is 92.1. The van der Waals surface area contributed by atoms with E-state index in [2.05, 4.69) is 20.4 Å². The first-order valence-electron chi connectivity index (χ1n) is 6.57. The van der Waals surface area contributed by atoms with Gasteiger partial charge >= 0.3 is 12.5 Å². The highest BCUT2D eigenvalue weighted by molar-refractivity contribution is 6.10. The second-order valence-electron chi connectivity index (χ2n) is 4.89. The van der Waals surface area contributed by atoms with Gasteiger partial charge < -0.3 is 4.74 Å². The van der Waals surface area contributed by atoms with E-state index in [-0.39, 0.29) is 11.3 Å². The normalized spacial score (nSPS) is 20.0. The second kappa shape index (κ2) is 5.63.